The van der Waals surface area contributed by atoms with Crippen molar-refractivity contribution in [3.05, 3.63) is 20.8 Å². The molecule has 0 amide bonds. The smallest absolute Gasteiger partial charge is 0.261 e. The average Bonchev–Trinajstić information content (AvgIpc) is 2.74. The first-order valence-electron chi connectivity index (χ1n) is 5.98. The van der Waals surface area contributed by atoms with Crippen LogP contribution in [-0.4, -0.2) is 26.2 Å². The van der Waals surface area contributed by atoms with Gasteiger partial charge in [-0.3, -0.25) is 0 Å². The minimum atomic E-state index is -2.39. The molecule has 104 valence electrons. The van der Waals surface area contributed by atoms with Gasteiger partial charge in [0.15, 0.2) is 0 Å². The summed E-state index contributed by atoms with van der Waals surface area (Å²) < 4.78 is 29.9. The number of ether oxygens (including phenoxy) is 1. The van der Waals surface area contributed by atoms with Crippen molar-refractivity contribution in [1.29, 1.82) is 0 Å². The van der Waals surface area contributed by atoms with Crippen molar-refractivity contribution < 1.29 is 13.5 Å². The zero-order valence-electron chi connectivity index (χ0n) is 10.3. The minimum absolute atomic E-state index is 0.180. The summed E-state index contributed by atoms with van der Waals surface area (Å²) in [7, 11) is 0. The summed E-state index contributed by atoms with van der Waals surface area (Å²) in [4.78, 5) is 1.20. The van der Waals surface area contributed by atoms with Crippen LogP contribution in [-0.2, 0) is 4.74 Å². The van der Waals surface area contributed by atoms with Gasteiger partial charge in [0.25, 0.3) is 6.43 Å². The molecule has 1 N–H and O–H groups in total. The molecule has 0 radical (unpaired) electrons. The lowest BCUT2D eigenvalue weighted by Crippen LogP contribution is -2.23. The minimum Gasteiger partial charge on any atom is -0.375 e. The Kier molecular flexibility index (Phi) is 7.97. The molecule has 0 spiro atoms. The Morgan fingerprint density at radius 3 is 2.78 bits per heavy atom. The molecule has 0 saturated heterocycles. The molecule has 0 saturated carbocycles. The molecule has 0 aliphatic rings. The predicted octanol–water partition coefficient (Wildman–Crippen LogP) is 4.22. The molecule has 0 aliphatic heterocycles. The molecule has 2 nitrogen and oxygen atoms in total. The van der Waals surface area contributed by atoms with Crippen LogP contribution in [0.1, 0.15) is 30.7 Å². The third-order valence-corrected chi connectivity index (χ3v) is 4.11. The van der Waals surface area contributed by atoms with Gasteiger partial charge in [0.05, 0.1) is 3.79 Å². The number of hydrogen-bond acceptors (Lipinski definition) is 3. The molecule has 1 aromatic rings. The Morgan fingerprint density at radius 1 is 1.44 bits per heavy atom. The Balaban J connectivity index is 2.40. The monoisotopic (exact) mass is 341 g/mol. The number of rotatable bonds is 9. The third kappa shape index (κ3) is 6.22. The summed E-state index contributed by atoms with van der Waals surface area (Å²) in [5.41, 5.74) is 0. The second kappa shape index (κ2) is 8.96. The van der Waals surface area contributed by atoms with Crippen LogP contribution in [0.5, 0.6) is 0 Å². The maximum absolute atomic E-state index is 11.9. The fourth-order valence-corrected chi connectivity index (χ4v) is 3.09. The van der Waals surface area contributed by atoms with E-state index in [-0.39, 0.29) is 6.04 Å². The van der Waals surface area contributed by atoms with Crippen molar-refractivity contribution in [2.45, 2.75) is 32.2 Å². The first-order valence-corrected chi connectivity index (χ1v) is 7.59. The van der Waals surface area contributed by atoms with E-state index >= 15 is 0 Å². The molecule has 0 bridgehead atoms. The van der Waals surface area contributed by atoms with Gasteiger partial charge in [-0.05, 0) is 47.4 Å². The fourth-order valence-electron chi connectivity index (χ4n) is 1.55. The van der Waals surface area contributed by atoms with E-state index in [1.807, 2.05) is 6.07 Å². The SMILES string of the molecule is CCCNC(CCOCC(F)F)c1ccc(Br)s1. The van der Waals surface area contributed by atoms with E-state index < -0.39 is 13.0 Å². The molecule has 1 rings (SSSR count). The average molecular weight is 342 g/mol. The highest BCUT2D eigenvalue weighted by atomic mass is 79.9. The van der Waals surface area contributed by atoms with Crippen molar-refractivity contribution in [1.82, 2.24) is 5.32 Å². The largest absolute Gasteiger partial charge is 0.375 e. The van der Waals surface area contributed by atoms with Gasteiger partial charge in [-0.15, -0.1) is 11.3 Å². The van der Waals surface area contributed by atoms with Crippen LogP contribution >= 0.6 is 27.3 Å². The summed E-state index contributed by atoms with van der Waals surface area (Å²) in [6.45, 7) is 2.88. The van der Waals surface area contributed by atoms with Gasteiger partial charge >= 0.3 is 0 Å². The Labute approximate surface area is 119 Å². The Hall–Kier alpha value is -0.0400. The second-order valence-corrected chi connectivity index (χ2v) is 6.40. The van der Waals surface area contributed by atoms with E-state index in [1.165, 1.54) is 4.88 Å². The maximum Gasteiger partial charge on any atom is 0.261 e. The molecule has 6 heteroatoms. The molecule has 1 heterocycles. The van der Waals surface area contributed by atoms with Gasteiger partial charge in [-0.1, -0.05) is 6.92 Å². The lowest BCUT2D eigenvalue weighted by Gasteiger charge is -2.17. The quantitative estimate of drug-likeness (QED) is 0.679. The van der Waals surface area contributed by atoms with Crippen molar-refractivity contribution in [3.63, 3.8) is 0 Å². The Bertz CT molecular complexity index is 336. The fraction of sp³-hybridized carbons (Fsp3) is 0.667. The highest BCUT2D eigenvalue weighted by Crippen LogP contribution is 2.29. The molecular formula is C12H18BrF2NOS. The van der Waals surface area contributed by atoms with Crippen LogP contribution in [0.3, 0.4) is 0 Å². The summed E-state index contributed by atoms with van der Waals surface area (Å²) in [6, 6.07) is 4.23. The molecule has 0 aromatic carbocycles. The van der Waals surface area contributed by atoms with Crippen molar-refractivity contribution in [2.75, 3.05) is 19.8 Å². The standard InChI is InChI=1S/C12H18BrF2NOS/c1-2-6-16-9(5-7-17-8-12(14)15)10-3-4-11(13)18-10/h3-4,9,12,16H,2,5-8H2,1H3. The lowest BCUT2D eigenvalue weighted by atomic mass is 10.2. The first-order chi connectivity index (χ1) is 8.63. The first kappa shape index (κ1) is 16.0. The lowest BCUT2D eigenvalue weighted by molar-refractivity contribution is 0.0144. The summed E-state index contributed by atoms with van der Waals surface area (Å²) >= 11 is 5.09. The van der Waals surface area contributed by atoms with Crippen LogP contribution in [0.4, 0.5) is 8.78 Å². The number of nitrogens with one attached hydrogen (secondary N) is 1. The van der Waals surface area contributed by atoms with E-state index in [0.717, 1.165) is 16.8 Å². The van der Waals surface area contributed by atoms with Crippen LogP contribution in [0.25, 0.3) is 0 Å². The number of alkyl halides is 2. The van der Waals surface area contributed by atoms with E-state index in [1.54, 1.807) is 11.3 Å². The van der Waals surface area contributed by atoms with Crippen LogP contribution in [0, 0.1) is 0 Å². The van der Waals surface area contributed by atoms with Gasteiger partial charge in [0.2, 0.25) is 0 Å². The van der Waals surface area contributed by atoms with Gasteiger partial charge < -0.3 is 10.1 Å². The van der Waals surface area contributed by atoms with Gasteiger partial charge in [-0.25, -0.2) is 8.78 Å². The van der Waals surface area contributed by atoms with E-state index in [4.69, 9.17) is 4.74 Å². The van der Waals surface area contributed by atoms with Gasteiger partial charge in [-0.2, -0.15) is 0 Å². The van der Waals surface area contributed by atoms with E-state index in [0.29, 0.717) is 13.0 Å². The Morgan fingerprint density at radius 2 is 2.22 bits per heavy atom. The molecule has 0 aliphatic carbocycles. The van der Waals surface area contributed by atoms with Crippen LogP contribution in [0.15, 0.2) is 15.9 Å². The zero-order chi connectivity index (χ0) is 13.4. The highest BCUT2D eigenvalue weighted by molar-refractivity contribution is 9.11. The summed E-state index contributed by atoms with van der Waals surface area (Å²) in [6.07, 6.45) is -0.636. The predicted molar refractivity (Wildman–Crippen MR) is 74.5 cm³/mol. The molecule has 1 aromatic heterocycles. The van der Waals surface area contributed by atoms with E-state index in [2.05, 4.69) is 34.2 Å². The van der Waals surface area contributed by atoms with Crippen molar-refractivity contribution >= 4 is 27.3 Å². The van der Waals surface area contributed by atoms with Crippen molar-refractivity contribution in [3.8, 4) is 0 Å². The molecule has 1 unspecified atom stereocenters. The zero-order valence-corrected chi connectivity index (χ0v) is 12.7. The molecular weight excluding hydrogens is 324 g/mol. The number of halogens is 3. The normalized spacial score (nSPS) is 13.2. The third-order valence-electron chi connectivity index (χ3n) is 2.37. The second-order valence-electron chi connectivity index (χ2n) is 3.90. The number of thiophene rings is 1. The maximum atomic E-state index is 11.9. The summed E-state index contributed by atoms with van der Waals surface area (Å²) in [5.74, 6) is 0. The molecule has 18 heavy (non-hydrogen) atoms. The van der Waals surface area contributed by atoms with E-state index in [9.17, 15) is 8.78 Å². The van der Waals surface area contributed by atoms with Crippen molar-refractivity contribution in [2.24, 2.45) is 0 Å². The van der Waals surface area contributed by atoms with Gasteiger partial charge in [0, 0.05) is 17.5 Å². The van der Waals surface area contributed by atoms with Crippen LogP contribution in [0.2, 0.25) is 0 Å². The van der Waals surface area contributed by atoms with Gasteiger partial charge in [0.1, 0.15) is 6.61 Å². The topological polar surface area (TPSA) is 21.3 Å². The molecule has 0 fully saturated rings. The van der Waals surface area contributed by atoms with Crippen LogP contribution < -0.4 is 5.32 Å². The summed E-state index contributed by atoms with van der Waals surface area (Å²) in [5, 5.41) is 3.41. The highest BCUT2D eigenvalue weighted by Gasteiger charge is 2.13. The molecule has 1 atom stereocenters. The number of hydrogen-bond donors (Lipinski definition) is 1.